The van der Waals surface area contributed by atoms with Crippen LogP contribution in [0.2, 0.25) is 0 Å². The first-order chi connectivity index (χ1) is 15.6. The molecule has 2 aliphatic heterocycles. The quantitative estimate of drug-likeness (QED) is 0.603. The summed E-state index contributed by atoms with van der Waals surface area (Å²) in [5.74, 6) is 1.50. The molecule has 168 valence electrons. The van der Waals surface area contributed by atoms with Crippen molar-refractivity contribution in [1.82, 2.24) is 19.7 Å². The van der Waals surface area contributed by atoms with Crippen molar-refractivity contribution in [2.45, 2.75) is 38.5 Å². The predicted octanol–water partition coefficient (Wildman–Crippen LogP) is 2.42. The smallest absolute Gasteiger partial charge is 0.411 e. The van der Waals surface area contributed by atoms with Gasteiger partial charge in [0, 0.05) is 30.9 Å². The zero-order chi connectivity index (χ0) is 22.1. The number of ether oxygens (including phenoxy) is 2. The van der Waals surface area contributed by atoms with Crippen molar-refractivity contribution in [3.05, 3.63) is 30.5 Å². The molecular formula is C22H26N6O4. The van der Waals surface area contributed by atoms with E-state index in [-0.39, 0.29) is 25.4 Å². The molecule has 2 aliphatic rings. The van der Waals surface area contributed by atoms with Crippen molar-refractivity contribution in [1.29, 1.82) is 0 Å². The molecule has 4 heterocycles. The van der Waals surface area contributed by atoms with Gasteiger partial charge in [-0.2, -0.15) is 5.10 Å². The van der Waals surface area contributed by atoms with Crippen LogP contribution in [0.25, 0.3) is 22.4 Å². The molecule has 5 rings (SSSR count). The maximum atomic E-state index is 11.7. The van der Waals surface area contributed by atoms with Gasteiger partial charge in [0.2, 0.25) is 0 Å². The van der Waals surface area contributed by atoms with Crippen molar-refractivity contribution in [3.63, 3.8) is 0 Å². The van der Waals surface area contributed by atoms with Crippen LogP contribution in [-0.2, 0) is 16.0 Å². The molecule has 0 spiro atoms. The summed E-state index contributed by atoms with van der Waals surface area (Å²) in [5, 5.41) is 16.8. The van der Waals surface area contributed by atoms with Crippen LogP contribution in [0.15, 0.2) is 30.5 Å². The van der Waals surface area contributed by atoms with E-state index in [1.54, 1.807) is 12.1 Å². The van der Waals surface area contributed by atoms with Crippen LogP contribution in [0.5, 0.6) is 0 Å². The van der Waals surface area contributed by atoms with Gasteiger partial charge in [-0.15, -0.1) is 0 Å². The van der Waals surface area contributed by atoms with Crippen molar-refractivity contribution >= 4 is 28.6 Å². The number of benzene rings is 1. The molecule has 32 heavy (non-hydrogen) atoms. The molecule has 10 nitrogen and oxygen atoms in total. The summed E-state index contributed by atoms with van der Waals surface area (Å²) in [5.41, 5.74) is 2.23. The Morgan fingerprint density at radius 3 is 2.66 bits per heavy atom. The Kier molecular flexibility index (Phi) is 5.62. The maximum Gasteiger partial charge on any atom is 0.411 e. The number of aryl methyl sites for hydroxylation is 1. The summed E-state index contributed by atoms with van der Waals surface area (Å²) in [6, 6.07) is 7.27. The summed E-state index contributed by atoms with van der Waals surface area (Å²) in [6.07, 6.45) is 3.91. The lowest BCUT2D eigenvalue weighted by Crippen LogP contribution is -2.43. The van der Waals surface area contributed by atoms with Gasteiger partial charge in [-0.05, 0) is 44.0 Å². The normalized spacial score (nSPS) is 20.0. The van der Waals surface area contributed by atoms with E-state index < -0.39 is 6.09 Å². The SMILES string of the molecule is CCn1ncc2c(N3CC4CCC(C3)O4)nc(-c3ccc(NC(=O)OCCO)cc3)nc21. The Labute approximate surface area is 185 Å². The fourth-order valence-electron chi connectivity index (χ4n) is 4.32. The third-order valence-electron chi connectivity index (χ3n) is 5.83. The number of anilines is 2. The highest BCUT2D eigenvalue weighted by molar-refractivity contribution is 5.89. The minimum Gasteiger partial charge on any atom is -0.447 e. The molecule has 2 bridgehead atoms. The van der Waals surface area contributed by atoms with Crippen molar-refractivity contribution in [2.75, 3.05) is 36.5 Å². The van der Waals surface area contributed by atoms with Crippen molar-refractivity contribution < 1.29 is 19.4 Å². The second-order valence-corrected chi connectivity index (χ2v) is 7.99. The van der Waals surface area contributed by atoms with Crippen molar-refractivity contribution in [2.24, 2.45) is 0 Å². The number of nitrogens with zero attached hydrogens (tertiary/aromatic N) is 5. The topological polar surface area (TPSA) is 115 Å². The van der Waals surface area contributed by atoms with Gasteiger partial charge in [0.1, 0.15) is 12.4 Å². The van der Waals surface area contributed by atoms with E-state index in [9.17, 15) is 4.79 Å². The average molecular weight is 438 g/mol. The molecule has 0 aliphatic carbocycles. The number of aromatic nitrogens is 4. The summed E-state index contributed by atoms with van der Waals surface area (Å²) in [4.78, 5) is 23.7. The predicted molar refractivity (Wildman–Crippen MR) is 119 cm³/mol. The van der Waals surface area contributed by atoms with Gasteiger partial charge in [-0.3, -0.25) is 5.32 Å². The van der Waals surface area contributed by atoms with Crippen LogP contribution >= 0.6 is 0 Å². The minimum absolute atomic E-state index is 0.0467. The molecule has 3 aromatic rings. The van der Waals surface area contributed by atoms with E-state index in [0.717, 1.165) is 48.3 Å². The number of aliphatic hydroxyl groups is 1. The third-order valence-corrected chi connectivity index (χ3v) is 5.83. The second kappa shape index (κ2) is 8.71. The van der Waals surface area contributed by atoms with E-state index in [1.807, 2.05) is 29.9 Å². The fourth-order valence-corrected chi connectivity index (χ4v) is 4.32. The zero-order valence-corrected chi connectivity index (χ0v) is 17.9. The average Bonchev–Trinajstić information content (AvgIpc) is 3.39. The number of nitrogens with one attached hydrogen (secondary N) is 1. The Morgan fingerprint density at radius 2 is 1.97 bits per heavy atom. The van der Waals surface area contributed by atoms with Gasteiger partial charge in [0.05, 0.1) is 30.4 Å². The van der Waals surface area contributed by atoms with Crippen molar-refractivity contribution in [3.8, 4) is 11.4 Å². The van der Waals surface area contributed by atoms with Crippen LogP contribution in [0, 0.1) is 0 Å². The molecule has 2 fully saturated rings. The highest BCUT2D eigenvalue weighted by atomic mass is 16.6. The fraction of sp³-hybridized carbons (Fsp3) is 0.455. The lowest BCUT2D eigenvalue weighted by molar-refractivity contribution is 0.0303. The van der Waals surface area contributed by atoms with Gasteiger partial charge < -0.3 is 19.5 Å². The zero-order valence-electron chi connectivity index (χ0n) is 17.9. The lowest BCUT2D eigenvalue weighted by Gasteiger charge is -2.33. The molecule has 2 atom stereocenters. The first-order valence-corrected chi connectivity index (χ1v) is 10.9. The Balaban J connectivity index is 1.47. The standard InChI is InChI=1S/C22H26N6O4/c1-2-28-21-18(11-23-28)20(27-12-16-7-8-17(13-27)32-16)25-19(26-21)14-3-5-15(6-4-14)24-22(30)31-10-9-29/h3-6,11,16-17,29H,2,7-10,12-13H2,1H3,(H,24,30). The summed E-state index contributed by atoms with van der Waals surface area (Å²) < 4.78 is 12.7. The van der Waals surface area contributed by atoms with Crippen LogP contribution < -0.4 is 10.2 Å². The number of hydrogen-bond acceptors (Lipinski definition) is 8. The van der Waals surface area contributed by atoms with Crippen LogP contribution in [0.4, 0.5) is 16.3 Å². The molecule has 1 aromatic carbocycles. The molecule has 2 saturated heterocycles. The van der Waals surface area contributed by atoms with Gasteiger partial charge in [-0.25, -0.2) is 19.4 Å². The highest BCUT2D eigenvalue weighted by Gasteiger charge is 2.35. The molecule has 10 heteroatoms. The maximum absolute atomic E-state index is 11.7. The molecule has 0 saturated carbocycles. The molecule has 1 amide bonds. The number of carbonyl (C=O) groups excluding carboxylic acids is 1. The number of amides is 1. The van der Waals surface area contributed by atoms with Gasteiger partial charge in [0.25, 0.3) is 0 Å². The summed E-state index contributed by atoms with van der Waals surface area (Å²) in [7, 11) is 0. The largest absolute Gasteiger partial charge is 0.447 e. The Morgan fingerprint density at radius 1 is 1.22 bits per heavy atom. The van der Waals surface area contributed by atoms with E-state index in [4.69, 9.17) is 24.5 Å². The number of fused-ring (bicyclic) bond motifs is 3. The Hall–Kier alpha value is -3.24. The first-order valence-electron chi connectivity index (χ1n) is 10.9. The molecule has 2 aromatic heterocycles. The van der Waals surface area contributed by atoms with Gasteiger partial charge >= 0.3 is 6.09 Å². The van der Waals surface area contributed by atoms with E-state index in [0.29, 0.717) is 18.1 Å². The number of aliphatic hydroxyl groups excluding tert-OH is 1. The molecule has 2 N–H and O–H groups in total. The Bertz CT molecular complexity index is 1100. The number of hydrogen-bond donors (Lipinski definition) is 2. The summed E-state index contributed by atoms with van der Waals surface area (Å²) in [6.45, 7) is 4.13. The minimum atomic E-state index is -0.611. The van der Waals surface area contributed by atoms with Crippen LogP contribution in [0.3, 0.4) is 0 Å². The van der Waals surface area contributed by atoms with Gasteiger partial charge in [-0.1, -0.05) is 0 Å². The third kappa shape index (κ3) is 3.98. The molecule has 0 radical (unpaired) electrons. The van der Waals surface area contributed by atoms with Crippen LogP contribution in [-0.4, -0.2) is 69.5 Å². The van der Waals surface area contributed by atoms with E-state index in [2.05, 4.69) is 15.3 Å². The first kappa shape index (κ1) is 20.7. The van der Waals surface area contributed by atoms with Crippen LogP contribution in [0.1, 0.15) is 19.8 Å². The number of rotatable bonds is 6. The highest BCUT2D eigenvalue weighted by Crippen LogP contribution is 2.33. The second-order valence-electron chi connectivity index (χ2n) is 7.99. The van der Waals surface area contributed by atoms with E-state index >= 15 is 0 Å². The van der Waals surface area contributed by atoms with Gasteiger partial charge in [0.15, 0.2) is 11.5 Å². The monoisotopic (exact) mass is 438 g/mol. The summed E-state index contributed by atoms with van der Waals surface area (Å²) >= 11 is 0. The molecular weight excluding hydrogens is 412 g/mol. The molecule has 2 unspecified atom stereocenters. The number of carbonyl (C=O) groups is 1. The number of morpholine rings is 1. The lowest BCUT2D eigenvalue weighted by atomic mass is 10.2. The van der Waals surface area contributed by atoms with E-state index in [1.165, 1.54) is 0 Å².